The Labute approximate surface area is 121 Å². The fourth-order valence-corrected chi connectivity index (χ4v) is 2.87. The number of hydrogen-bond donors (Lipinski definition) is 1. The fraction of sp³-hybridized carbons (Fsp3) is 0.688. The summed E-state index contributed by atoms with van der Waals surface area (Å²) in [5.74, 6) is 0.489. The third-order valence-corrected chi connectivity index (χ3v) is 4.32. The number of rotatable bonds is 6. The van der Waals surface area contributed by atoms with E-state index in [-0.39, 0.29) is 11.9 Å². The van der Waals surface area contributed by atoms with Crippen molar-refractivity contribution in [2.24, 2.45) is 5.92 Å². The summed E-state index contributed by atoms with van der Waals surface area (Å²) in [7, 11) is 0. The second-order valence-corrected chi connectivity index (χ2v) is 5.65. The summed E-state index contributed by atoms with van der Waals surface area (Å²) in [4.78, 5) is 6.70. The molecule has 1 unspecified atom stereocenters. The standard InChI is InChI=1S/C16H26FN3/c1-3-15(16-6-5-14(17)12-19-16)18-11-13-7-9-20(4-2)10-8-13/h5-6,12-13,15,18H,3-4,7-11H2,1-2H3. The van der Waals surface area contributed by atoms with Gasteiger partial charge in [-0.15, -0.1) is 0 Å². The highest BCUT2D eigenvalue weighted by atomic mass is 19.1. The van der Waals surface area contributed by atoms with Gasteiger partial charge in [0.15, 0.2) is 0 Å². The van der Waals surface area contributed by atoms with E-state index in [1.165, 1.54) is 38.2 Å². The summed E-state index contributed by atoms with van der Waals surface area (Å²) >= 11 is 0. The van der Waals surface area contributed by atoms with Crippen LogP contribution in [0.15, 0.2) is 18.3 Å². The zero-order valence-electron chi connectivity index (χ0n) is 12.6. The molecule has 1 N–H and O–H groups in total. The maximum Gasteiger partial charge on any atom is 0.141 e. The lowest BCUT2D eigenvalue weighted by molar-refractivity contribution is 0.187. The molecule has 2 heterocycles. The minimum Gasteiger partial charge on any atom is -0.308 e. The van der Waals surface area contributed by atoms with E-state index < -0.39 is 0 Å². The summed E-state index contributed by atoms with van der Waals surface area (Å²) < 4.78 is 12.9. The Hall–Kier alpha value is -1.00. The predicted molar refractivity (Wildman–Crippen MR) is 80.1 cm³/mol. The summed E-state index contributed by atoms with van der Waals surface area (Å²) in [6.45, 7) is 9.00. The number of nitrogens with one attached hydrogen (secondary N) is 1. The molecule has 3 nitrogen and oxygen atoms in total. The predicted octanol–water partition coefficient (Wildman–Crippen LogP) is 2.99. The van der Waals surface area contributed by atoms with Crippen LogP contribution in [0.4, 0.5) is 4.39 Å². The van der Waals surface area contributed by atoms with Gasteiger partial charge in [-0.2, -0.15) is 0 Å². The third-order valence-electron chi connectivity index (χ3n) is 4.32. The molecule has 20 heavy (non-hydrogen) atoms. The summed E-state index contributed by atoms with van der Waals surface area (Å²) in [6.07, 6.45) is 4.83. The highest BCUT2D eigenvalue weighted by Crippen LogP contribution is 2.19. The molecule has 1 atom stereocenters. The maximum absolute atomic E-state index is 12.9. The lowest BCUT2D eigenvalue weighted by Gasteiger charge is -2.32. The fourth-order valence-electron chi connectivity index (χ4n) is 2.87. The van der Waals surface area contributed by atoms with Gasteiger partial charge in [0.1, 0.15) is 5.82 Å². The molecule has 1 aromatic heterocycles. The van der Waals surface area contributed by atoms with Gasteiger partial charge in [0.05, 0.1) is 11.9 Å². The number of nitrogens with zero attached hydrogens (tertiary/aromatic N) is 2. The van der Waals surface area contributed by atoms with Crippen molar-refractivity contribution in [1.29, 1.82) is 0 Å². The molecule has 1 saturated heterocycles. The van der Waals surface area contributed by atoms with Crippen LogP contribution in [-0.2, 0) is 0 Å². The SMILES string of the molecule is CCC(NCC1CCN(CC)CC1)c1ccc(F)cn1. The lowest BCUT2D eigenvalue weighted by Crippen LogP contribution is -2.37. The number of halogens is 1. The Morgan fingerprint density at radius 1 is 1.35 bits per heavy atom. The van der Waals surface area contributed by atoms with E-state index >= 15 is 0 Å². The highest BCUT2D eigenvalue weighted by Gasteiger charge is 2.19. The first kappa shape index (κ1) is 15.4. The van der Waals surface area contributed by atoms with E-state index in [0.29, 0.717) is 0 Å². The Morgan fingerprint density at radius 2 is 2.10 bits per heavy atom. The topological polar surface area (TPSA) is 28.2 Å². The summed E-state index contributed by atoms with van der Waals surface area (Å²) in [5, 5.41) is 3.60. The molecular weight excluding hydrogens is 253 g/mol. The normalized spacial score (nSPS) is 19.1. The van der Waals surface area contributed by atoms with Crippen molar-refractivity contribution < 1.29 is 4.39 Å². The molecule has 0 spiro atoms. The quantitative estimate of drug-likeness (QED) is 0.867. The number of aromatic nitrogens is 1. The average Bonchev–Trinajstić information content (AvgIpc) is 2.50. The highest BCUT2D eigenvalue weighted by molar-refractivity contribution is 5.09. The summed E-state index contributed by atoms with van der Waals surface area (Å²) in [6, 6.07) is 3.52. The molecule has 0 radical (unpaired) electrons. The van der Waals surface area contributed by atoms with Gasteiger partial charge in [0.2, 0.25) is 0 Å². The smallest absolute Gasteiger partial charge is 0.141 e. The van der Waals surface area contributed by atoms with Gasteiger partial charge < -0.3 is 10.2 Å². The largest absolute Gasteiger partial charge is 0.308 e. The van der Waals surface area contributed by atoms with Gasteiger partial charge >= 0.3 is 0 Å². The molecule has 1 fully saturated rings. The van der Waals surface area contributed by atoms with E-state index in [4.69, 9.17) is 0 Å². The molecule has 1 aliphatic rings. The number of pyridine rings is 1. The van der Waals surface area contributed by atoms with Crippen molar-refractivity contribution in [3.63, 3.8) is 0 Å². The van der Waals surface area contributed by atoms with Gasteiger partial charge in [-0.1, -0.05) is 13.8 Å². The van der Waals surface area contributed by atoms with Gasteiger partial charge in [0.25, 0.3) is 0 Å². The van der Waals surface area contributed by atoms with Crippen LogP contribution < -0.4 is 5.32 Å². The van der Waals surface area contributed by atoms with E-state index in [1.54, 1.807) is 6.07 Å². The van der Waals surface area contributed by atoms with E-state index in [9.17, 15) is 4.39 Å². The molecule has 0 bridgehead atoms. The monoisotopic (exact) mass is 279 g/mol. The molecule has 2 rings (SSSR count). The minimum absolute atomic E-state index is 0.236. The third kappa shape index (κ3) is 4.25. The van der Waals surface area contributed by atoms with Crippen LogP contribution in [0.25, 0.3) is 0 Å². The van der Waals surface area contributed by atoms with Crippen molar-refractivity contribution >= 4 is 0 Å². The van der Waals surface area contributed by atoms with Gasteiger partial charge in [-0.25, -0.2) is 4.39 Å². The molecule has 0 aromatic carbocycles. The number of hydrogen-bond acceptors (Lipinski definition) is 3. The zero-order chi connectivity index (χ0) is 14.4. The number of piperidine rings is 1. The average molecular weight is 279 g/mol. The maximum atomic E-state index is 12.9. The van der Waals surface area contributed by atoms with Crippen LogP contribution in [0.2, 0.25) is 0 Å². The van der Waals surface area contributed by atoms with Crippen molar-refractivity contribution in [1.82, 2.24) is 15.2 Å². The van der Waals surface area contributed by atoms with Crippen LogP contribution in [-0.4, -0.2) is 36.1 Å². The molecule has 0 aliphatic carbocycles. The van der Waals surface area contributed by atoms with Crippen LogP contribution in [0.5, 0.6) is 0 Å². The van der Waals surface area contributed by atoms with Crippen LogP contribution >= 0.6 is 0 Å². The number of likely N-dealkylation sites (tertiary alicyclic amines) is 1. The molecule has 0 saturated carbocycles. The van der Waals surface area contributed by atoms with E-state index in [2.05, 4.69) is 29.0 Å². The Balaban J connectivity index is 1.81. The minimum atomic E-state index is -0.268. The first-order chi connectivity index (χ1) is 9.72. The van der Waals surface area contributed by atoms with Crippen molar-refractivity contribution in [3.05, 3.63) is 29.8 Å². The molecular formula is C16H26FN3. The first-order valence-corrected chi connectivity index (χ1v) is 7.80. The van der Waals surface area contributed by atoms with Gasteiger partial charge in [-0.3, -0.25) is 4.98 Å². The van der Waals surface area contributed by atoms with Crippen LogP contribution in [0.3, 0.4) is 0 Å². The molecule has 1 aromatic rings. The zero-order valence-corrected chi connectivity index (χ0v) is 12.6. The van der Waals surface area contributed by atoms with Crippen molar-refractivity contribution in [2.45, 2.75) is 39.2 Å². The van der Waals surface area contributed by atoms with Gasteiger partial charge in [0, 0.05) is 6.04 Å². The lowest BCUT2D eigenvalue weighted by atomic mass is 9.96. The summed E-state index contributed by atoms with van der Waals surface area (Å²) in [5.41, 5.74) is 0.944. The molecule has 0 amide bonds. The molecule has 1 aliphatic heterocycles. The first-order valence-electron chi connectivity index (χ1n) is 7.80. The van der Waals surface area contributed by atoms with Crippen LogP contribution in [0, 0.1) is 11.7 Å². The Bertz CT molecular complexity index is 385. The van der Waals surface area contributed by atoms with Crippen molar-refractivity contribution in [3.8, 4) is 0 Å². The second-order valence-electron chi connectivity index (χ2n) is 5.65. The van der Waals surface area contributed by atoms with Crippen LogP contribution in [0.1, 0.15) is 44.8 Å². The molecule has 4 heteroatoms. The van der Waals surface area contributed by atoms with Gasteiger partial charge in [-0.05, 0) is 63.5 Å². The van der Waals surface area contributed by atoms with E-state index in [1.807, 2.05) is 0 Å². The Kier molecular flexibility index (Phi) is 5.92. The second kappa shape index (κ2) is 7.70. The Morgan fingerprint density at radius 3 is 2.65 bits per heavy atom. The van der Waals surface area contributed by atoms with Crippen molar-refractivity contribution in [2.75, 3.05) is 26.2 Å². The molecule has 112 valence electrons. The van der Waals surface area contributed by atoms with E-state index in [0.717, 1.165) is 31.1 Å².